The van der Waals surface area contributed by atoms with Crippen molar-refractivity contribution in [2.75, 3.05) is 0 Å². The molecule has 1 aromatic carbocycles. The summed E-state index contributed by atoms with van der Waals surface area (Å²) in [5.74, 6) is 0.165. The summed E-state index contributed by atoms with van der Waals surface area (Å²) in [5, 5.41) is 17.2. The van der Waals surface area contributed by atoms with E-state index in [1.807, 2.05) is 12.3 Å². The fourth-order valence-corrected chi connectivity index (χ4v) is 1.68. The van der Waals surface area contributed by atoms with Gasteiger partial charge in [0.2, 0.25) is 0 Å². The van der Waals surface area contributed by atoms with Crippen molar-refractivity contribution in [3.63, 3.8) is 0 Å². The van der Waals surface area contributed by atoms with Gasteiger partial charge in [-0.15, -0.1) is 5.10 Å². The zero-order chi connectivity index (χ0) is 13.1. The summed E-state index contributed by atoms with van der Waals surface area (Å²) >= 11 is 0. The molecule has 1 heterocycles. The summed E-state index contributed by atoms with van der Waals surface area (Å²) in [6.45, 7) is 8.21. The van der Waals surface area contributed by atoms with Gasteiger partial charge in [0.05, 0.1) is 12.0 Å². The normalized spacial score (nSPS) is 10.6. The molecule has 1 aromatic heterocycles. The lowest BCUT2D eigenvalue weighted by molar-refractivity contribution is 0.375. The van der Waals surface area contributed by atoms with Gasteiger partial charge in [0.25, 0.3) is 0 Å². The average Bonchev–Trinajstić information content (AvgIpc) is 2.79. The van der Waals surface area contributed by atoms with E-state index in [1.165, 1.54) is 11.1 Å². The van der Waals surface area contributed by atoms with Crippen molar-refractivity contribution in [2.45, 2.75) is 26.8 Å². The third-order valence-corrected chi connectivity index (χ3v) is 2.97. The predicted molar refractivity (Wildman–Crippen MR) is 71.3 cm³/mol. The van der Waals surface area contributed by atoms with Crippen molar-refractivity contribution in [3.8, 4) is 11.3 Å². The number of aromatic nitrogens is 3. The number of hydrogen-bond donors (Lipinski definition) is 1. The summed E-state index contributed by atoms with van der Waals surface area (Å²) in [5.41, 5.74) is 4.42. The summed E-state index contributed by atoms with van der Waals surface area (Å²) in [4.78, 5) is 0. The quantitative estimate of drug-likeness (QED) is 0.840. The van der Waals surface area contributed by atoms with Crippen molar-refractivity contribution in [1.29, 1.82) is 0 Å². The second-order valence-corrected chi connectivity index (χ2v) is 4.48. The van der Waals surface area contributed by atoms with E-state index in [4.69, 9.17) is 5.11 Å². The zero-order valence-corrected chi connectivity index (χ0v) is 10.7. The van der Waals surface area contributed by atoms with Crippen LogP contribution in [0.4, 0.5) is 0 Å². The Labute approximate surface area is 107 Å². The molecule has 4 heteroatoms. The fourth-order valence-electron chi connectivity index (χ4n) is 1.68. The van der Waals surface area contributed by atoms with Crippen LogP contribution in [0.25, 0.3) is 11.3 Å². The van der Waals surface area contributed by atoms with Crippen LogP contribution in [0, 0.1) is 13.8 Å². The third-order valence-electron chi connectivity index (χ3n) is 2.97. The van der Waals surface area contributed by atoms with Gasteiger partial charge >= 0.3 is 0 Å². The maximum atomic E-state index is 9.05. The molecule has 0 atom stereocenters. The second kappa shape index (κ2) is 5.04. The Bertz CT molecular complexity index is 572. The van der Waals surface area contributed by atoms with E-state index in [9.17, 15) is 0 Å². The Balaban J connectivity index is 2.18. The second-order valence-electron chi connectivity index (χ2n) is 4.48. The molecule has 0 saturated heterocycles. The van der Waals surface area contributed by atoms with Crippen LogP contribution in [-0.4, -0.2) is 20.1 Å². The van der Waals surface area contributed by atoms with Crippen molar-refractivity contribution < 1.29 is 5.11 Å². The molecule has 0 unspecified atom stereocenters. The van der Waals surface area contributed by atoms with Crippen molar-refractivity contribution in [2.24, 2.45) is 0 Å². The molecule has 1 N–H and O–H groups in total. The smallest absolute Gasteiger partial charge is 0.113 e. The van der Waals surface area contributed by atoms with Gasteiger partial charge in [-0.3, -0.25) is 4.68 Å². The average molecular weight is 243 g/mol. The fraction of sp³-hybridized carbons (Fsp3) is 0.286. The topological polar surface area (TPSA) is 50.9 Å². The predicted octanol–water partition coefficient (Wildman–Crippen LogP) is 3.02. The minimum atomic E-state index is 0.165. The van der Waals surface area contributed by atoms with Gasteiger partial charge in [-0.05, 0) is 31.0 Å². The van der Waals surface area contributed by atoms with Crippen LogP contribution in [0.1, 0.15) is 17.5 Å². The minimum Gasteiger partial charge on any atom is -0.513 e. The number of aryl methyl sites for hydroxylation is 3. The molecule has 2 rings (SSSR count). The molecule has 0 amide bonds. The molecule has 0 aliphatic heterocycles. The largest absolute Gasteiger partial charge is 0.513 e. The Morgan fingerprint density at radius 2 is 2.11 bits per heavy atom. The number of benzene rings is 1. The monoisotopic (exact) mass is 243 g/mol. The molecular weight excluding hydrogens is 226 g/mol. The highest BCUT2D eigenvalue weighted by molar-refractivity contribution is 5.59. The van der Waals surface area contributed by atoms with E-state index < -0.39 is 0 Å². The summed E-state index contributed by atoms with van der Waals surface area (Å²) in [7, 11) is 0. The van der Waals surface area contributed by atoms with E-state index in [1.54, 1.807) is 4.68 Å². The molecule has 0 radical (unpaired) electrons. The maximum Gasteiger partial charge on any atom is 0.113 e. The number of aliphatic hydroxyl groups excluding tert-OH is 1. The van der Waals surface area contributed by atoms with Gasteiger partial charge in [0.1, 0.15) is 5.69 Å². The first-order valence-corrected chi connectivity index (χ1v) is 5.91. The van der Waals surface area contributed by atoms with Gasteiger partial charge in [0.15, 0.2) is 0 Å². The molecule has 0 fully saturated rings. The van der Waals surface area contributed by atoms with E-state index in [2.05, 4.69) is 42.9 Å². The van der Waals surface area contributed by atoms with Crippen LogP contribution in [0.3, 0.4) is 0 Å². The van der Waals surface area contributed by atoms with Crippen LogP contribution in [-0.2, 0) is 6.54 Å². The SMILES string of the molecule is C=C(O)CCn1cc(-c2ccc(C)c(C)c2)nn1. The van der Waals surface area contributed by atoms with E-state index in [0.717, 1.165) is 11.3 Å². The van der Waals surface area contributed by atoms with E-state index >= 15 is 0 Å². The van der Waals surface area contributed by atoms with Crippen molar-refractivity contribution in [1.82, 2.24) is 15.0 Å². The number of rotatable bonds is 4. The third kappa shape index (κ3) is 2.77. The number of aliphatic hydroxyl groups is 1. The van der Waals surface area contributed by atoms with Gasteiger partial charge < -0.3 is 5.11 Å². The molecule has 94 valence electrons. The molecule has 0 bridgehead atoms. The standard InChI is InChI=1S/C14H17N3O/c1-10-4-5-13(8-11(10)2)14-9-17(16-15-14)7-6-12(3)18/h4-5,8-9,18H,3,6-7H2,1-2H3. The van der Waals surface area contributed by atoms with E-state index in [0.29, 0.717) is 13.0 Å². The summed E-state index contributed by atoms with van der Waals surface area (Å²) in [6.07, 6.45) is 2.38. The van der Waals surface area contributed by atoms with Crippen molar-refractivity contribution in [3.05, 3.63) is 47.9 Å². The lowest BCUT2D eigenvalue weighted by atomic mass is 10.1. The molecule has 0 aliphatic rings. The molecular formula is C14H17N3O. The van der Waals surface area contributed by atoms with Crippen LogP contribution >= 0.6 is 0 Å². The Morgan fingerprint density at radius 3 is 2.78 bits per heavy atom. The molecule has 18 heavy (non-hydrogen) atoms. The Morgan fingerprint density at radius 1 is 1.33 bits per heavy atom. The van der Waals surface area contributed by atoms with Gasteiger partial charge in [-0.25, -0.2) is 0 Å². The molecule has 0 spiro atoms. The van der Waals surface area contributed by atoms with Crippen LogP contribution in [0.15, 0.2) is 36.7 Å². The molecule has 0 saturated carbocycles. The Kier molecular flexibility index (Phi) is 3.46. The highest BCUT2D eigenvalue weighted by Crippen LogP contribution is 2.19. The lowest BCUT2D eigenvalue weighted by Crippen LogP contribution is -1.99. The summed E-state index contributed by atoms with van der Waals surface area (Å²) in [6, 6.07) is 6.23. The first kappa shape index (κ1) is 12.4. The number of nitrogens with zero attached hydrogens (tertiary/aromatic N) is 3. The van der Waals surface area contributed by atoms with Gasteiger partial charge in [-0.2, -0.15) is 0 Å². The highest BCUT2D eigenvalue weighted by Gasteiger charge is 2.05. The first-order chi connectivity index (χ1) is 8.56. The lowest BCUT2D eigenvalue weighted by Gasteiger charge is -2.01. The molecule has 0 aliphatic carbocycles. The van der Waals surface area contributed by atoms with Crippen LogP contribution < -0.4 is 0 Å². The molecule has 2 aromatic rings. The van der Waals surface area contributed by atoms with Gasteiger partial charge in [0, 0.05) is 18.5 Å². The minimum absolute atomic E-state index is 0.165. The number of allylic oxidation sites excluding steroid dienone is 1. The van der Waals surface area contributed by atoms with Gasteiger partial charge in [-0.1, -0.05) is 23.9 Å². The van der Waals surface area contributed by atoms with E-state index in [-0.39, 0.29) is 5.76 Å². The Hall–Kier alpha value is -2.10. The maximum absolute atomic E-state index is 9.05. The molecule has 4 nitrogen and oxygen atoms in total. The zero-order valence-electron chi connectivity index (χ0n) is 10.7. The summed E-state index contributed by atoms with van der Waals surface area (Å²) < 4.78 is 1.71. The van der Waals surface area contributed by atoms with Crippen molar-refractivity contribution >= 4 is 0 Å². The highest BCUT2D eigenvalue weighted by atomic mass is 16.3. The number of hydrogen-bond acceptors (Lipinski definition) is 3. The van der Waals surface area contributed by atoms with Crippen LogP contribution in [0.2, 0.25) is 0 Å². The first-order valence-electron chi connectivity index (χ1n) is 5.91. The van der Waals surface area contributed by atoms with Crippen LogP contribution in [0.5, 0.6) is 0 Å².